The van der Waals surface area contributed by atoms with E-state index in [1.54, 1.807) is 0 Å². The fraction of sp³-hybridized carbons (Fsp3) is 0.650. The summed E-state index contributed by atoms with van der Waals surface area (Å²) >= 11 is 0. The summed E-state index contributed by atoms with van der Waals surface area (Å²) in [6, 6.07) is 10.6. The van der Waals surface area contributed by atoms with Gasteiger partial charge in [-0.05, 0) is 43.1 Å². The van der Waals surface area contributed by atoms with Gasteiger partial charge in [-0.3, -0.25) is 4.79 Å². The van der Waals surface area contributed by atoms with Gasteiger partial charge in [-0.1, -0.05) is 63.9 Å². The highest BCUT2D eigenvalue weighted by Crippen LogP contribution is 2.37. The Hall–Kier alpha value is -1.11. The Kier molecular flexibility index (Phi) is 6.02. The van der Waals surface area contributed by atoms with E-state index in [4.69, 9.17) is 0 Å². The summed E-state index contributed by atoms with van der Waals surface area (Å²) in [5.74, 6) is 2.34. The fourth-order valence-corrected chi connectivity index (χ4v) is 3.85. The van der Waals surface area contributed by atoms with Gasteiger partial charge < -0.3 is 0 Å². The lowest BCUT2D eigenvalue weighted by Gasteiger charge is -2.33. The lowest BCUT2D eigenvalue weighted by atomic mass is 9.71. The van der Waals surface area contributed by atoms with Crippen LogP contribution in [0.4, 0.5) is 0 Å². The van der Waals surface area contributed by atoms with Crippen molar-refractivity contribution in [2.75, 3.05) is 0 Å². The standard InChI is InChI=1S/C20H30O/c1-15(2)20(21)19(18-11-7-8-16(3)14-18)13-12-17-9-5-4-6-10-17/h4-6,9-10,15-16,18-19H,7-8,11-14H2,1-3H3. The molecule has 3 atom stereocenters. The second kappa shape index (κ2) is 7.77. The smallest absolute Gasteiger partial charge is 0.138 e. The lowest BCUT2D eigenvalue weighted by molar-refractivity contribution is -0.128. The molecule has 0 heterocycles. The summed E-state index contributed by atoms with van der Waals surface area (Å²) in [6.45, 7) is 6.47. The van der Waals surface area contributed by atoms with Crippen molar-refractivity contribution in [2.45, 2.75) is 59.3 Å². The highest BCUT2D eigenvalue weighted by atomic mass is 16.1. The van der Waals surface area contributed by atoms with E-state index in [9.17, 15) is 4.79 Å². The molecule has 0 radical (unpaired) electrons. The van der Waals surface area contributed by atoms with Crippen LogP contribution in [0.5, 0.6) is 0 Å². The number of Topliss-reactive ketones (excluding diaryl/α,β-unsaturated/α-hetero) is 1. The molecule has 1 fully saturated rings. The van der Waals surface area contributed by atoms with Gasteiger partial charge in [0.2, 0.25) is 0 Å². The highest BCUT2D eigenvalue weighted by molar-refractivity contribution is 5.83. The molecule has 116 valence electrons. The molecule has 1 heteroatoms. The van der Waals surface area contributed by atoms with Crippen LogP contribution in [0.25, 0.3) is 0 Å². The maximum absolute atomic E-state index is 12.7. The first-order valence-electron chi connectivity index (χ1n) is 8.65. The molecule has 1 saturated carbocycles. The van der Waals surface area contributed by atoms with E-state index in [-0.39, 0.29) is 11.8 Å². The summed E-state index contributed by atoms with van der Waals surface area (Å²) in [5, 5.41) is 0. The molecule has 0 aliphatic heterocycles. The third kappa shape index (κ3) is 4.69. The van der Waals surface area contributed by atoms with E-state index in [1.807, 2.05) is 0 Å². The van der Waals surface area contributed by atoms with Crippen molar-refractivity contribution in [3.05, 3.63) is 35.9 Å². The van der Waals surface area contributed by atoms with Crippen LogP contribution in [0.15, 0.2) is 30.3 Å². The van der Waals surface area contributed by atoms with E-state index in [0.29, 0.717) is 11.7 Å². The number of carbonyl (C=O) groups excluding carboxylic acids is 1. The zero-order valence-electron chi connectivity index (χ0n) is 13.8. The summed E-state index contributed by atoms with van der Waals surface area (Å²) in [6.07, 6.45) is 7.21. The fourth-order valence-electron chi connectivity index (χ4n) is 3.85. The van der Waals surface area contributed by atoms with Crippen LogP contribution in [-0.2, 0) is 11.2 Å². The molecule has 2 rings (SSSR count). The zero-order chi connectivity index (χ0) is 15.2. The Morgan fingerprint density at radius 1 is 1.19 bits per heavy atom. The van der Waals surface area contributed by atoms with Gasteiger partial charge in [-0.25, -0.2) is 0 Å². The van der Waals surface area contributed by atoms with Crippen molar-refractivity contribution in [3.8, 4) is 0 Å². The third-order valence-corrected chi connectivity index (χ3v) is 5.07. The molecule has 1 nitrogen and oxygen atoms in total. The third-order valence-electron chi connectivity index (χ3n) is 5.07. The van der Waals surface area contributed by atoms with Gasteiger partial charge in [-0.2, -0.15) is 0 Å². The first kappa shape index (κ1) is 16.3. The van der Waals surface area contributed by atoms with Crippen molar-refractivity contribution in [3.63, 3.8) is 0 Å². The van der Waals surface area contributed by atoms with E-state index in [2.05, 4.69) is 51.1 Å². The largest absolute Gasteiger partial charge is 0.299 e. The molecule has 0 amide bonds. The van der Waals surface area contributed by atoms with Crippen LogP contribution in [0, 0.1) is 23.7 Å². The average Bonchev–Trinajstić information content (AvgIpc) is 2.48. The van der Waals surface area contributed by atoms with Gasteiger partial charge in [0.15, 0.2) is 0 Å². The molecule has 3 unspecified atom stereocenters. The lowest BCUT2D eigenvalue weighted by Crippen LogP contribution is -2.31. The topological polar surface area (TPSA) is 17.1 Å². The predicted molar refractivity (Wildman–Crippen MR) is 89.2 cm³/mol. The molecule has 21 heavy (non-hydrogen) atoms. The van der Waals surface area contributed by atoms with E-state index < -0.39 is 0 Å². The van der Waals surface area contributed by atoms with Gasteiger partial charge in [0, 0.05) is 11.8 Å². The number of benzene rings is 1. The first-order valence-corrected chi connectivity index (χ1v) is 8.65. The predicted octanol–water partition coefficient (Wildman–Crippen LogP) is 5.29. The van der Waals surface area contributed by atoms with Crippen LogP contribution in [-0.4, -0.2) is 5.78 Å². The normalized spacial score (nSPS) is 24.0. The summed E-state index contributed by atoms with van der Waals surface area (Å²) in [4.78, 5) is 12.7. The van der Waals surface area contributed by atoms with E-state index >= 15 is 0 Å². The second-order valence-corrected chi connectivity index (χ2v) is 7.22. The maximum atomic E-state index is 12.7. The van der Waals surface area contributed by atoms with Crippen LogP contribution in [0.3, 0.4) is 0 Å². The Morgan fingerprint density at radius 3 is 2.52 bits per heavy atom. The molecule has 1 aromatic carbocycles. The van der Waals surface area contributed by atoms with Crippen LogP contribution >= 0.6 is 0 Å². The molecule has 1 aliphatic rings. The zero-order valence-corrected chi connectivity index (χ0v) is 13.8. The van der Waals surface area contributed by atoms with Crippen LogP contribution in [0.1, 0.15) is 58.4 Å². The van der Waals surface area contributed by atoms with Gasteiger partial charge in [0.1, 0.15) is 5.78 Å². The molecule has 0 N–H and O–H groups in total. The molecule has 1 aliphatic carbocycles. The number of rotatable bonds is 6. The molecule has 1 aromatic rings. The number of ketones is 1. The highest BCUT2D eigenvalue weighted by Gasteiger charge is 2.32. The second-order valence-electron chi connectivity index (χ2n) is 7.22. The molecular weight excluding hydrogens is 256 g/mol. The molecule has 0 spiro atoms. The molecule has 0 saturated heterocycles. The van der Waals surface area contributed by atoms with Crippen molar-refractivity contribution in [2.24, 2.45) is 23.7 Å². The Bertz CT molecular complexity index is 434. The summed E-state index contributed by atoms with van der Waals surface area (Å²) in [7, 11) is 0. The van der Waals surface area contributed by atoms with Gasteiger partial charge >= 0.3 is 0 Å². The Balaban J connectivity index is 2.03. The number of aryl methyl sites for hydroxylation is 1. The Labute approximate surface area is 130 Å². The average molecular weight is 286 g/mol. The van der Waals surface area contributed by atoms with Crippen molar-refractivity contribution < 1.29 is 4.79 Å². The molecule has 0 aromatic heterocycles. The molecular formula is C20H30O. The van der Waals surface area contributed by atoms with Crippen LogP contribution < -0.4 is 0 Å². The van der Waals surface area contributed by atoms with E-state index in [1.165, 1.54) is 31.2 Å². The minimum absolute atomic E-state index is 0.169. The minimum atomic E-state index is 0.169. The van der Waals surface area contributed by atoms with Gasteiger partial charge in [-0.15, -0.1) is 0 Å². The van der Waals surface area contributed by atoms with Gasteiger partial charge in [0.25, 0.3) is 0 Å². The molecule has 0 bridgehead atoms. The quantitative estimate of drug-likeness (QED) is 0.694. The number of hydrogen-bond acceptors (Lipinski definition) is 1. The van der Waals surface area contributed by atoms with Gasteiger partial charge in [0.05, 0.1) is 0 Å². The van der Waals surface area contributed by atoms with Crippen molar-refractivity contribution >= 4 is 5.78 Å². The number of hydrogen-bond donors (Lipinski definition) is 0. The first-order chi connectivity index (χ1) is 10.1. The van der Waals surface area contributed by atoms with Crippen molar-refractivity contribution in [1.29, 1.82) is 0 Å². The Morgan fingerprint density at radius 2 is 1.90 bits per heavy atom. The van der Waals surface area contributed by atoms with Crippen molar-refractivity contribution in [1.82, 2.24) is 0 Å². The summed E-state index contributed by atoms with van der Waals surface area (Å²) < 4.78 is 0. The number of carbonyl (C=O) groups is 1. The minimum Gasteiger partial charge on any atom is -0.299 e. The van der Waals surface area contributed by atoms with Crippen LogP contribution in [0.2, 0.25) is 0 Å². The monoisotopic (exact) mass is 286 g/mol. The summed E-state index contributed by atoms with van der Waals surface area (Å²) in [5.41, 5.74) is 1.36. The SMILES string of the molecule is CC1CCCC(C(CCc2ccccc2)C(=O)C(C)C)C1. The maximum Gasteiger partial charge on any atom is 0.138 e. The van der Waals surface area contributed by atoms with E-state index in [0.717, 1.165) is 18.8 Å².